The van der Waals surface area contributed by atoms with Gasteiger partial charge in [0, 0.05) is 17.8 Å². The van der Waals surface area contributed by atoms with Crippen molar-refractivity contribution < 1.29 is 5.11 Å². The molecule has 0 bridgehead atoms. The average Bonchev–Trinajstić information content (AvgIpc) is 3.01. The summed E-state index contributed by atoms with van der Waals surface area (Å²) in [5.74, 6) is 0. The quantitative estimate of drug-likeness (QED) is 0.210. The normalized spacial score (nSPS) is 14.5. The summed E-state index contributed by atoms with van der Waals surface area (Å²) in [4.78, 5) is 2.57. The molecule has 5 aromatic carbocycles. The van der Waals surface area contributed by atoms with Crippen LogP contribution in [0.3, 0.4) is 0 Å². The minimum atomic E-state index is -2.52. The summed E-state index contributed by atoms with van der Waals surface area (Å²) in [6, 6.07) is 47.3. The van der Waals surface area contributed by atoms with Crippen molar-refractivity contribution >= 4 is 34.5 Å². The third-order valence-corrected chi connectivity index (χ3v) is 13.9. The molecular formula is C38H39NOSi. The summed E-state index contributed by atoms with van der Waals surface area (Å²) in [5.41, 5.74) is 6.22. The number of hydrogen-bond acceptors (Lipinski definition) is 2. The minimum absolute atomic E-state index is 0.0511. The molecule has 0 saturated carbocycles. The van der Waals surface area contributed by atoms with E-state index in [9.17, 15) is 5.11 Å². The molecule has 0 fully saturated rings. The van der Waals surface area contributed by atoms with E-state index in [0.29, 0.717) is 0 Å². The van der Waals surface area contributed by atoms with Gasteiger partial charge in [-0.05, 0) is 82.7 Å². The molecule has 6 rings (SSSR count). The second-order valence-corrected chi connectivity index (χ2v) is 15.8. The maximum Gasteiger partial charge on any atom is 0.179 e. The Bertz CT molecular complexity index is 1520. The lowest BCUT2D eigenvalue weighted by molar-refractivity contribution is 0.280. The predicted molar refractivity (Wildman–Crippen MR) is 176 cm³/mol. The molecule has 3 heteroatoms. The largest absolute Gasteiger partial charge is 0.392 e. The number of nitrogens with zero attached hydrogens (tertiary/aromatic N) is 1. The molecular weight excluding hydrogens is 515 g/mol. The van der Waals surface area contributed by atoms with Crippen LogP contribution in [0.1, 0.15) is 42.5 Å². The van der Waals surface area contributed by atoms with Crippen LogP contribution < -0.4 is 25.6 Å². The van der Waals surface area contributed by atoms with Crippen LogP contribution in [0, 0.1) is 6.92 Å². The van der Waals surface area contributed by atoms with E-state index in [0.717, 1.165) is 30.5 Å². The standard InChI is InChI=1S/C38H39NOSi/c1-29-25-37-31(26-32(29)28-40)23-24-38(2,3)39(37)27-30-19-21-36(22-20-30)41(33-13-7-4-8-14-33,34-15-9-5-10-16-34)35-17-11-6-12-18-35/h4-22,25-26,40H,23-24,27-28H2,1-3H3. The Morgan fingerprint density at radius 2 is 1.17 bits per heavy atom. The van der Waals surface area contributed by atoms with Crippen LogP contribution in [-0.2, 0) is 19.6 Å². The van der Waals surface area contributed by atoms with E-state index in [4.69, 9.17) is 0 Å². The predicted octanol–water partition coefficient (Wildman–Crippen LogP) is 5.60. The van der Waals surface area contributed by atoms with Gasteiger partial charge in [0.25, 0.3) is 0 Å². The van der Waals surface area contributed by atoms with E-state index < -0.39 is 8.07 Å². The van der Waals surface area contributed by atoms with Gasteiger partial charge in [-0.25, -0.2) is 0 Å². The molecule has 0 aliphatic carbocycles. The zero-order valence-corrected chi connectivity index (χ0v) is 25.3. The van der Waals surface area contributed by atoms with Gasteiger partial charge in [0.2, 0.25) is 0 Å². The maximum atomic E-state index is 9.85. The number of aliphatic hydroxyl groups excluding tert-OH is 1. The van der Waals surface area contributed by atoms with Gasteiger partial charge in [0.05, 0.1) is 6.61 Å². The third kappa shape index (κ3) is 4.94. The van der Waals surface area contributed by atoms with Gasteiger partial charge in [-0.1, -0.05) is 121 Å². The fourth-order valence-electron chi connectivity index (χ4n) is 6.72. The van der Waals surface area contributed by atoms with Crippen LogP contribution in [0.2, 0.25) is 0 Å². The molecule has 1 aliphatic heterocycles. The number of rotatable bonds is 7. The Morgan fingerprint density at radius 1 is 0.683 bits per heavy atom. The van der Waals surface area contributed by atoms with Gasteiger partial charge >= 0.3 is 0 Å². The highest BCUT2D eigenvalue weighted by Gasteiger charge is 2.41. The van der Waals surface area contributed by atoms with Gasteiger partial charge < -0.3 is 10.0 Å². The lowest BCUT2D eigenvalue weighted by Crippen LogP contribution is -2.74. The summed E-state index contributed by atoms with van der Waals surface area (Å²) in [6.07, 6.45) is 2.14. The number of hydrogen-bond donors (Lipinski definition) is 1. The second-order valence-electron chi connectivity index (χ2n) is 12.0. The van der Waals surface area contributed by atoms with Crippen molar-refractivity contribution in [1.82, 2.24) is 0 Å². The summed E-state index contributed by atoms with van der Waals surface area (Å²) < 4.78 is 0. The maximum absolute atomic E-state index is 9.85. The third-order valence-electron chi connectivity index (χ3n) is 9.08. The molecule has 5 aromatic rings. The van der Waals surface area contributed by atoms with Gasteiger partial charge in [0.15, 0.2) is 8.07 Å². The van der Waals surface area contributed by atoms with Crippen LogP contribution in [0.4, 0.5) is 5.69 Å². The first-order valence-electron chi connectivity index (χ1n) is 14.7. The number of aryl methyl sites for hydroxylation is 2. The van der Waals surface area contributed by atoms with E-state index in [1.165, 1.54) is 37.6 Å². The van der Waals surface area contributed by atoms with Crippen LogP contribution in [0.15, 0.2) is 127 Å². The molecule has 0 aromatic heterocycles. The van der Waals surface area contributed by atoms with Gasteiger partial charge in [-0.3, -0.25) is 0 Å². The first-order valence-corrected chi connectivity index (χ1v) is 16.7. The van der Waals surface area contributed by atoms with Crippen LogP contribution in [0.25, 0.3) is 0 Å². The lowest BCUT2D eigenvalue weighted by Gasteiger charge is -2.46. The second kappa shape index (κ2) is 11.2. The molecule has 0 spiro atoms. The van der Waals surface area contributed by atoms with Crippen molar-refractivity contribution in [2.45, 2.75) is 52.3 Å². The van der Waals surface area contributed by atoms with Crippen molar-refractivity contribution in [3.8, 4) is 0 Å². The lowest BCUT2D eigenvalue weighted by atomic mass is 9.85. The van der Waals surface area contributed by atoms with Crippen LogP contribution >= 0.6 is 0 Å². The van der Waals surface area contributed by atoms with Crippen molar-refractivity contribution in [2.75, 3.05) is 4.90 Å². The van der Waals surface area contributed by atoms with Gasteiger partial charge in [0.1, 0.15) is 0 Å². The van der Waals surface area contributed by atoms with Crippen molar-refractivity contribution in [3.63, 3.8) is 0 Å². The Hall–Kier alpha value is -3.92. The topological polar surface area (TPSA) is 23.5 Å². The highest BCUT2D eigenvalue weighted by Crippen LogP contribution is 2.39. The molecule has 0 saturated heterocycles. The van der Waals surface area contributed by atoms with Crippen molar-refractivity contribution in [3.05, 3.63) is 150 Å². The van der Waals surface area contributed by atoms with E-state index in [2.05, 4.69) is 153 Å². The van der Waals surface area contributed by atoms with Crippen LogP contribution in [-0.4, -0.2) is 18.7 Å². The van der Waals surface area contributed by atoms with E-state index in [-0.39, 0.29) is 12.1 Å². The Kier molecular flexibility index (Phi) is 7.42. The molecule has 0 radical (unpaired) electrons. The molecule has 0 amide bonds. The van der Waals surface area contributed by atoms with E-state index in [1.807, 2.05) is 0 Å². The molecule has 41 heavy (non-hydrogen) atoms. The fourth-order valence-corrected chi connectivity index (χ4v) is 11.5. The molecule has 0 unspecified atom stereocenters. The minimum Gasteiger partial charge on any atom is -0.392 e. The summed E-state index contributed by atoms with van der Waals surface area (Å²) in [6.45, 7) is 7.78. The van der Waals surface area contributed by atoms with Crippen molar-refractivity contribution in [2.24, 2.45) is 0 Å². The molecule has 2 nitrogen and oxygen atoms in total. The molecule has 1 aliphatic rings. The van der Waals surface area contributed by atoms with E-state index in [1.54, 1.807) is 0 Å². The zero-order valence-electron chi connectivity index (χ0n) is 24.3. The zero-order chi connectivity index (χ0) is 28.5. The average molecular weight is 554 g/mol. The SMILES string of the molecule is Cc1cc2c(cc1CO)CCC(C)(C)N2Cc1ccc([Si](c2ccccc2)(c2ccccc2)c2ccccc2)cc1. The number of fused-ring (bicyclic) bond motifs is 1. The molecule has 206 valence electrons. The highest BCUT2D eigenvalue weighted by molar-refractivity contribution is 7.19. The molecule has 1 N–H and O–H groups in total. The first-order chi connectivity index (χ1) is 19.9. The number of benzene rings is 5. The summed E-state index contributed by atoms with van der Waals surface area (Å²) >= 11 is 0. The highest BCUT2D eigenvalue weighted by atomic mass is 28.3. The summed E-state index contributed by atoms with van der Waals surface area (Å²) in [7, 11) is -2.52. The van der Waals surface area contributed by atoms with Gasteiger partial charge in [-0.2, -0.15) is 0 Å². The number of anilines is 1. The Labute approximate surface area is 246 Å². The van der Waals surface area contributed by atoms with Crippen LogP contribution in [0.5, 0.6) is 0 Å². The Balaban J connectivity index is 1.45. The smallest absolute Gasteiger partial charge is 0.179 e. The van der Waals surface area contributed by atoms with E-state index >= 15 is 0 Å². The Morgan fingerprint density at radius 3 is 1.66 bits per heavy atom. The fraction of sp³-hybridized carbons (Fsp3) is 0.211. The first kappa shape index (κ1) is 27.3. The summed E-state index contributed by atoms with van der Waals surface area (Å²) in [5, 5.41) is 15.4. The van der Waals surface area contributed by atoms with Gasteiger partial charge in [-0.15, -0.1) is 0 Å². The monoisotopic (exact) mass is 553 g/mol. The molecule has 0 atom stereocenters. The molecule has 1 heterocycles. The number of aliphatic hydroxyl groups is 1. The van der Waals surface area contributed by atoms with Crippen molar-refractivity contribution in [1.29, 1.82) is 0 Å².